The zero-order valence-corrected chi connectivity index (χ0v) is 9.34. The van der Waals surface area contributed by atoms with E-state index >= 15 is 0 Å². The molecule has 0 spiro atoms. The van der Waals surface area contributed by atoms with Gasteiger partial charge in [0.05, 0.1) is 5.56 Å². The average Bonchev–Trinajstić information content (AvgIpc) is 2.23. The van der Waals surface area contributed by atoms with Crippen molar-refractivity contribution in [1.82, 2.24) is 4.98 Å². The first-order valence-electron chi connectivity index (χ1n) is 4.79. The lowest BCUT2D eigenvalue weighted by Gasteiger charge is -2.23. The van der Waals surface area contributed by atoms with E-state index in [2.05, 4.69) is 9.72 Å². The van der Waals surface area contributed by atoms with Crippen LogP contribution in [0, 0.1) is 0 Å². The molecule has 0 saturated carbocycles. The van der Waals surface area contributed by atoms with Gasteiger partial charge in [0.1, 0.15) is 0 Å². The molecule has 0 aliphatic heterocycles. The highest BCUT2D eigenvalue weighted by Gasteiger charge is 2.59. The second-order valence-corrected chi connectivity index (χ2v) is 3.49. The van der Waals surface area contributed by atoms with Crippen LogP contribution in [0.2, 0.25) is 0 Å². The van der Waals surface area contributed by atoms with Crippen molar-refractivity contribution in [3.05, 3.63) is 23.9 Å². The number of hydrogen-bond donors (Lipinski definition) is 0. The number of halogens is 6. The lowest BCUT2D eigenvalue weighted by molar-refractivity contribution is -0.300. The Bertz CT molecular complexity index is 454. The fraction of sp³-hybridized carbons (Fsp3) is 0.400. The van der Waals surface area contributed by atoms with Gasteiger partial charge in [-0.1, -0.05) is 0 Å². The number of aromatic nitrogens is 1. The highest BCUT2D eigenvalue weighted by atomic mass is 19.4. The number of alkyl halides is 6. The number of carbonyl (C=O) groups is 1. The van der Waals surface area contributed by atoms with Crippen molar-refractivity contribution in [1.29, 1.82) is 0 Å². The Hall–Kier alpha value is -1.80. The molecule has 0 amide bonds. The number of rotatable bonds is 3. The van der Waals surface area contributed by atoms with Gasteiger partial charge in [-0.2, -0.15) is 26.3 Å². The topological polar surface area (TPSA) is 39.2 Å². The van der Waals surface area contributed by atoms with E-state index in [0.29, 0.717) is 0 Å². The summed E-state index contributed by atoms with van der Waals surface area (Å²) in [6, 6.07) is 2.22. The van der Waals surface area contributed by atoms with Crippen molar-refractivity contribution in [3.8, 4) is 5.88 Å². The van der Waals surface area contributed by atoms with E-state index in [0.717, 1.165) is 19.2 Å². The summed E-state index contributed by atoms with van der Waals surface area (Å²) >= 11 is 0. The van der Waals surface area contributed by atoms with E-state index in [4.69, 9.17) is 0 Å². The lowest BCUT2D eigenvalue weighted by atomic mass is 10.2. The fourth-order valence-electron chi connectivity index (χ4n) is 1.18. The Labute approximate surface area is 103 Å². The van der Waals surface area contributed by atoms with Crippen molar-refractivity contribution in [2.45, 2.75) is 25.4 Å². The standard InChI is InChI=1S/C10H7F6NO2/c1-5(18)6-3-2-4-17-7(6)19-8(9(11,12)13)10(14,15)16/h2-4,8H,1H3. The third kappa shape index (κ3) is 3.83. The molecular formula is C10H7F6NO2. The SMILES string of the molecule is CC(=O)c1cccnc1OC(C(F)(F)F)C(F)(F)F. The number of Topliss-reactive ketones (excluding diaryl/α,β-unsaturated/α-hetero) is 1. The number of nitrogens with zero attached hydrogens (tertiary/aromatic N) is 1. The third-order valence-corrected chi connectivity index (χ3v) is 1.97. The molecule has 0 aliphatic rings. The molecule has 0 aliphatic carbocycles. The molecule has 1 aromatic heterocycles. The lowest BCUT2D eigenvalue weighted by Crippen LogP contribution is -2.46. The predicted molar refractivity (Wildman–Crippen MR) is 50.8 cm³/mol. The van der Waals surface area contributed by atoms with Gasteiger partial charge >= 0.3 is 12.4 Å². The quantitative estimate of drug-likeness (QED) is 0.633. The number of carbonyl (C=O) groups excluding carboxylic acids is 1. The van der Waals surface area contributed by atoms with Gasteiger partial charge < -0.3 is 4.74 Å². The second-order valence-electron chi connectivity index (χ2n) is 3.49. The van der Waals surface area contributed by atoms with E-state index in [1.807, 2.05) is 0 Å². The summed E-state index contributed by atoms with van der Waals surface area (Å²) in [4.78, 5) is 14.3. The molecule has 0 saturated heterocycles. The molecule has 0 bridgehead atoms. The van der Waals surface area contributed by atoms with Crippen LogP contribution in [-0.2, 0) is 0 Å². The van der Waals surface area contributed by atoms with Crippen LogP contribution in [-0.4, -0.2) is 29.2 Å². The molecule has 0 fully saturated rings. The van der Waals surface area contributed by atoms with Gasteiger partial charge in [0.2, 0.25) is 5.88 Å². The molecule has 19 heavy (non-hydrogen) atoms. The summed E-state index contributed by atoms with van der Waals surface area (Å²) in [5, 5.41) is 0. The molecule has 9 heteroatoms. The molecule has 0 aromatic carbocycles. The van der Waals surface area contributed by atoms with Crippen LogP contribution < -0.4 is 4.74 Å². The Balaban J connectivity index is 3.15. The number of hydrogen-bond acceptors (Lipinski definition) is 3. The van der Waals surface area contributed by atoms with Crippen molar-refractivity contribution < 1.29 is 35.9 Å². The minimum Gasteiger partial charge on any atom is -0.454 e. The zero-order chi connectivity index (χ0) is 14.8. The van der Waals surface area contributed by atoms with Gasteiger partial charge in [-0.15, -0.1) is 0 Å². The van der Waals surface area contributed by atoms with Crippen molar-refractivity contribution in [3.63, 3.8) is 0 Å². The molecule has 106 valence electrons. The normalized spacial score (nSPS) is 12.6. The minimum absolute atomic E-state index is 0.457. The van der Waals surface area contributed by atoms with Crippen LogP contribution in [0.25, 0.3) is 0 Å². The molecule has 1 aromatic rings. The first kappa shape index (κ1) is 15.3. The number of ketones is 1. The summed E-state index contributed by atoms with van der Waals surface area (Å²) in [7, 11) is 0. The van der Waals surface area contributed by atoms with Gasteiger partial charge in [0.25, 0.3) is 6.10 Å². The summed E-state index contributed by atoms with van der Waals surface area (Å²) in [5.41, 5.74) is -0.457. The van der Waals surface area contributed by atoms with Gasteiger partial charge in [-0.3, -0.25) is 4.79 Å². The van der Waals surface area contributed by atoms with Gasteiger partial charge in [-0.05, 0) is 19.1 Å². The molecular weight excluding hydrogens is 280 g/mol. The smallest absolute Gasteiger partial charge is 0.434 e. The summed E-state index contributed by atoms with van der Waals surface area (Å²) in [5.74, 6) is -1.76. The molecule has 0 radical (unpaired) electrons. The largest absolute Gasteiger partial charge is 0.454 e. The average molecular weight is 287 g/mol. The van der Waals surface area contributed by atoms with E-state index in [1.54, 1.807) is 0 Å². The Kier molecular flexibility index (Phi) is 4.06. The van der Waals surface area contributed by atoms with Crippen LogP contribution in [0.5, 0.6) is 5.88 Å². The van der Waals surface area contributed by atoms with Gasteiger partial charge in [-0.25, -0.2) is 4.98 Å². The summed E-state index contributed by atoms with van der Waals surface area (Å²) in [6.07, 6.45) is -14.4. The van der Waals surface area contributed by atoms with E-state index < -0.39 is 35.7 Å². The van der Waals surface area contributed by atoms with Crippen molar-refractivity contribution in [2.75, 3.05) is 0 Å². The maximum atomic E-state index is 12.3. The summed E-state index contributed by atoms with van der Waals surface area (Å²) in [6.45, 7) is 0.972. The fourth-order valence-corrected chi connectivity index (χ4v) is 1.18. The molecule has 0 atom stereocenters. The summed E-state index contributed by atoms with van der Waals surface area (Å²) < 4.78 is 77.5. The van der Waals surface area contributed by atoms with E-state index in [1.165, 1.54) is 6.07 Å². The van der Waals surface area contributed by atoms with Crippen molar-refractivity contribution in [2.24, 2.45) is 0 Å². The van der Waals surface area contributed by atoms with Gasteiger partial charge in [0, 0.05) is 6.20 Å². The number of pyridine rings is 1. The molecule has 0 unspecified atom stereocenters. The number of ether oxygens (including phenoxy) is 1. The highest BCUT2D eigenvalue weighted by Crippen LogP contribution is 2.36. The minimum atomic E-state index is -5.66. The van der Waals surface area contributed by atoms with Gasteiger partial charge in [0.15, 0.2) is 5.78 Å². The van der Waals surface area contributed by atoms with Crippen molar-refractivity contribution >= 4 is 5.78 Å². The molecule has 1 rings (SSSR count). The maximum Gasteiger partial charge on any atom is 0.434 e. The van der Waals surface area contributed by atoms with Crippen LogP contribution in [0.15, 0.2) is 18.3 Å². The van der Waals surface area contributed by atoms with E-state index in [9.17, 15) is 31.1 Å². The monoisotopic (exact) mass is 287 g/mol. The van der Waals surface area contributed by atoms with E-state index in [-0.39, 0.29) is 0 Å². The van der Waals surface area contributed by atoms with Crippen LogP contribution >= 0.6 is 0 Å². The highest BCUT2D eigenvalue weighted by molar-refractivity contribution is 5.96. The Morgan fingerprint density at radius 3 is 2.16 bits per heavy atom. The second kappa shape index (κ2) is 5.06. The maximum absolute atomic E-state index is 12.3. The zero-order valence-electron chi connectivity index (χ0n) is 9.34. The molecule has 3 nitrogen and oxygen atoms in total. The Morgan fingerprint density at radius 1 is 1.21 bits per heavy atom. The first-order valence-corrected chi connectivity index (χ1v) is 4.79. The molecule has 0 N–H and O–H groups in total. The first-order chi connectivity index (χ1) is 8.53. The third-order valence-electron chi connectivity index (χ3n) is 1.97. The van der Waals surface area contributed by atoms with Crippen LogP contribution in [0.4, 0.5) is 26.3 Å². The predicted octanol–water partition coefficient (Wildman–Crippen LogP) is 3.16. The molecule has 1 heterocycles. The Morgan fingerprint density at radius 2 is 1.74 bits per heavy atom. The van der Waals surface area contributed by atoms with Crippen LogP contribution in [0.3, 0.4) is 0 Å². The van der Waals surface area contributed by atoms with Crippen LogP contribution in [0.1, 0.15) is 17.3 Å².